The maximum atomic E-state index is 12.1. The molecule has 0 bridgehead atoms. The van der Waals surface area contributed by atoms with E-state index in [-0.39, 0.29) is 22.5 Å². The number of aromatic amines is 2. The molecule has 0 saturated carbocycles. The Morgan fingerprint density at radius 3 is 2.30 bits per heavy atom. The highest BCUT2D eigenvalue weighted by molar-refractivity contribution is 5.78. The number of aromatic hydroxyl groups is 2. The van der Waals surface area contributed by atoms with E-state index in [0.29, 0.717) is 23.2 Å². The number of hydrogen-bond acceptors (Lipinski definition) is 3. The lowest BCUT2D eigenvalue weighted by atomic mass is 9.85. The summed E-state index contributed by atoms with van der Waals surface area (Å²) >= 11 is 0. The van der Waals surface area contributed by atoms with Crippen LogP contribution in [0.4, 0.5) is 0 Å². The van der Waals surface area contributed by atoms with Crippen molar-refractivity contribution in [2.75, 3.05) is 0 Å². The van der Waals surface area contributed by atoms with E-state index in [4.69, 9.17) is 0 Å². The largest absolute Gasteiger partial charge is 0.504 e. The molecule has 2 aromatic rings. The van der Waals surface area contributed by atoms with Gasteiger partial charge in [-0.1, -0.05) is 33.8 Å². The fourth-order valence-electron chi connectivity index (χ4n) is 2.35. The second-order valence-corrected chi connectivity index (χ2v) is 5.90. The number of phenolic OH excluding ortho intramolecular Hbond substituents is 2. The fourth-order valence-corrected chi connectivity index (χ4v) is 2.35. The van der Waals surface area contributed by atoms with Gasteiger partial charge < -0.3 is 15.3 Å². The first-order valence-corrected chi connectivity index (χ1v) is 6.62. The average molecular weight is 276 g/mol. The van der Waals surface area contributed by atoms with Crippen LogP contribution in [0.2, 0.25) is 0 Å². The minimum Gasteiger partial charge on any atom is -0.504 e. The average Bonchev–Trinajstić information content (AvgIpc) is 2.74. The molecule has 1 heterocycles. The minimum absolute atomic E-state index is 0.224. The van der Waals surface area contributed by atoms with Crippen LogP contribution in [0.15, 0.2) is 16.9 Å². The van der Waals surface area contributed by atoms with E-state index in [1.165, 1.54) is 6.07 Å². The molecule has 0 aliphatic heterocycles. The highest BCUT2D eigenvalue weighted by Crippen LogP contribution is 2.41. The molecule has 0 saturated heterocycles. The van der Waals surface area contributed by atoms with Crippen LogP contribution in [0.25, 0.3) is 11.1 Å². The highest BCUT2D eigenvalue weighted by atomic mass is 16.3. The van der Waals surface area contributed by atoms with Crippen molar-refractivity contribution >= 4 is 0 Å². The Balaban J connectivity index is 2.85. The molecule has 0 radical (unpaired) electrons. The Morgan fingerprint density at radius 1 is 1.10 bits per heavy atom. The Kier molecular flexibility index (Phi) is 3.38. The van der Waals surface area contributed by atoms with Gasteiger partial charge >= 0.3 is 0 Å². The summed E-state index contributed by atoms with van der Waals surface area (Å²) in [5.74, 6) is -0.474. The Hall–Kier alpha value is -2.17. The van der Waals surface area contributed by atoms with E-state index in [9.17, 15) is 15.0 Å². The zero-order valence-electron chi connectivity index (χ0n) is 12.2. The molecule has 0 spiro atoms. The fraction of sp³-hybridized carbons (Fsp3) is 0.400. The van der Waals surface area contributed by atoms with Crippen LogP contribution in [0.5, 0.6) is 11.5 Å². The number of H-pyrrole nitrogens is 2. The van der Waals surface area contributed by atoms with E-state index >= 15 is 0 Å². The Morgan fingerprint density at radius 2 is 1.75 bits per heavy atom. The van der Waals surface area contributed by atoms with E-state index in [1.54, 1.807) is 6.07 Å². The monoisotopic (exact) mass is 276 g/mol. The van der Waals surface area contributed by atoms with Gasteiger partial charge in [-0.2, -0.15) is 0 Å². The normalized spacial score (nSPS) is 11.8. The summed E-state index contributed by atoms with van der Waals surface area (Å²) in [4.78, 5) is 12.1. The molecule has 1 aromatic carbocycles. The maximum Gasteiger partial charge on any atom is 0.272 e. The number of nitrogens with one attached hydrogen (secondary N) is 2. The van der Waals surface area contributed by atoms with Gasteiger partial charge in [0.25, 0.3) is 5.56 Å². The highest BCUT2D eigenvalue weighted by Gasteiger charge is 2.27. The lowest BCUT2D eigenvalue weighted by Gasteiger charge is -2.20. The van der Waals surface area contributed by atoms with Crippen molar-refractivity contribution in [2.45, 2.75) is 39.5 Å². The van der Waals surface area contributed by atoms with Crippen LogP contribution in [-0.4, -0.2) is 20.4 Å². The third-order valence-electron chi connectivity index (χ3n) is 3.40. The Bertz CT molecular complexity index is 690. The molecule has 5 nitrogen and oxygen atoms in total. The molecule has 20 heavy (non-hydrogen) atoms. The molecule has 0 aliphatic rings. The van der Waals surface area contributed by atoms with E-state index < -0.39 is 0 Å². The van der Waals surface area contributed by atoms with Crippen molar-refractivity contribution in [3.8, 4) is 22.6 Å². The van der Waals surface area contributed by atoms with E-state index in [0.717, 1.165) is 5.56 Å². The summed E-state index contributed by atoms with van der Waals surface area (Å²) in [6.07, 6.45) is 0.650. The van der Waals surface area contributed by atoms with Crippen LogP contribution in [0, 0.1) is 0 Å². The predicted molar refractivity (Wildman–Crippen MR) is 78.3 cm³/mol. The topological polar surface area (TPSA) is 89.1 Å². The van der Waals surface area contributed by atoms with Gasteiger partial charge in [0.05, 0.1) is 11.3 Å². The summed E-state index contributed by atoms with van der Waals surface area (Å²) in [5.41, 5.74) is 1.72. The summed E-state index contributed by atoms with van der Waals surface area (Å²) in [7, 11) is 0. The summed E-state index contributed by atoms with van der Waals surface area (Å²) in [5, 5.41) is 25.4. The van der Waals surface area contributed by atoms with E-state index in [2.05, 4.69) is 10.2 Å². The van der Waals surface area contributed by atoms with Crippen molar-refractivity contribution in [1.82, 2.24) is 10.2 Å². The van der Waals surface area contributed by atoms with Gasteiger partial charge in [-0.25, -0.2) is 0 Å². The lowest BCUT2D eigenvalue weighted by Crippen LogP contribution is -2.15. The number of aromatic nitrogens is 2. The number of phenols is 2. The molecule has 0 atom stereocenters. The summed E-state index contributed by atoms with van der Waals surface area (Å²) in [6.45, 7) is 7.86. The van der Waals surface area contributed by atoms with Crippen molar-refractivity contribution < 1.29 is 10.2 Å². The Labute approximate surface area is 117 Å². The zero-order chi connectivity index (χ0) is 15.1. The lowest BCUT2D eigenvalue weighted by molar-refractivity contribution is 0.404. The smallest absolute Gasteiger partial charge is 0.272 e. The molecule has 0 unspecified atom stereocenters. The molecule has 1 aromatic heterocycles. The first kappa shape index (κ1) is 14.2. The number of benzene rings is 1. The van der Waals surface area contributed by atoms with Crippen molar-refractivity contribution in [3.63, 3.8) is 0 Å². The van der Waals surface area contributed by atoms with Crippen LogP contribution in [0.1, 0.15) is 39.0 Å². The standard InChI is InChI=1S/C15H20N2O3/c1-5-8-6-7-9(18)12(19)10(8)11-13(15(2,3)4)16-17-14(11)20/h6-7,18-19H,5H2,1-4H3,(H2,16,17,20). The SMILES string of the molecule is CCc1ccc(O)c(O)c1-c1c(C(C)(C)C)[nH][nH]c1=O. The minimum atomic E-state index is -0.300. The molecule has 108 valence electrons. The van der Waals surface area contributed by atoms with Crippen LogP contribution < -0.4 is 5.56 Å². The molecule has 4 N–H and O–H groups in total. The molecule has 5 heteroatoms. The summed E-state index contributed by atoms with van der Waals surface area (Å²) < 4.78 is 0. The quantitative estimate of drug-likeness (QED) is 0.636. The van der Waals surface area contributed by atoms with Crippen LogP contribution in [0.3, 0.4) is 0 Å². The first-order chi connectivity index (χ1) is 9.27. The van der Waals surface area contributed by atoms with Crippen molar-refractivity contribution in [1.29, 1.82) is 0 Å². The second kappa shape index (κ2) is 4.74. The predicted octanol–water partition coefficient (Wildman–Crippen LogP) is 2.64. The molecule has 0 fully saturated rings. The third kappa shape index (κ3) is 2.19. The second-order valence-electron chi connectivity index (χ2n) is 5.90. The summed E-state index contributed by atoms with van der Waals surface area (Å²) in [6, 6.07) is 3.17. The van der Waals surface area contributed by atoms with Crippen LogP contribution >= 0.6 is 0 Å². The molecule has 2 rings (SSSR count). The number of hydrogen-bond donors (Lipinski definition) is 4. The van der Waals surface area contributed by atoms with E-state index in [1.807, 2.05) is 27.7 Å². The van der Waals surface area contributed by atoms with Gasteiger partial charge in [0, 0.05) is 11.0 Å². The first-order valence-electron chi connectivity index (χ1n) is 6.62. The molecule has 0 amide bonds. The van der Waals surface area contributed by atoms with Gasteiger partial charge in [-0.3, -0.25) is 9.89 Å². The van der Waals surface area contributed by atoms with Crippen molar-refractivity contribution in [3.05, 3.63) is 33.7 Å². The van der Waals surface area contributed by atoms with Gasteiger partial charge in [-0.05, 0) is 18.1 Å². The molecule has 0 aliphatic carbocycles. The van der Waals surface area contributed by atoms with Gasteiger partial charge in [0.1, 0.15) is 0 Å². The van der Waals surface area contributed by atoms with Gasteiger partial charge in [0.2, 0.25) is 0 Å². The van der Waals surface area contributed by atoms with Crippen molar-refractivity contribution in [2.24, 2.45) is 0 Å². The van der Waals surface area contributed by atoms with Gasteiger partial charge in [0.15, 0.2) is 11.5 Å². The maximum absolute atomic E-state index is 12.1. The molecular weight excluding hydrogens is 256 g/mol. The molecular formula is C15H20N2O3. The number of rotatable bonds is 2. The van der Waals surface area contributed by atoms with Crippen LogP contribution in [-0.2, 0) is 11.8 Å². The third-order valence-corrected chi connectivity index (χ3v) is 3.40. The zero-order valence-corrected chi connectivity index (χ0v) is 12.2. The number of aryl methyl sites for hydroxylation is 1. The van der Waals surface area contributed by atoms with Gasteiger partial charge in [-0.15, -0.1) is 0 Å².